The topological polar surface area (TPSA) is 133 Å². The summed E-state index contributed by atoms with van der Waals surface area (Å²) in [5.41, 5.74) is 0.179. The molecule has 1 N–H and O–H groups in total. The van der Waals surface area contributed by atoms with Crippen molar-refractivity contribution in [1.82, 2.24) is 0 Å². The van der Waals surface area contributed by atoms with Crippen LogP contribution in [-0.2, 0) is 38.7 Å². The molecule has 138 valence electrons. The van der Waals surface area contributed by atoms with Crippen molar-refractivity contribution in [2.24, 2.45) is 23.7 Å². The lowest BCUT2D eigenvalue weighted by Gasteiger charge is -2.30. The van der Waals surface area contributed by atoms with E-state index in [9.17, 15) is 22.8 Å². The molecule has 25 heavy (non-hydrogen) atoms. The van der Waals surface area contributed by atoms with Gasteiger partial charge in [-0.2, -0.15) is 8.42 Å². The summed E-state index contributed by atoms with van der Waals surface area (Å²) in [4.78, 5) is 36.2. The predicted octanol–water partition coefficient (Wildman–Crippen LogP) is -0.287. The zero-order valence-corrected chi connectivity index (χ0v) is 14.2. The number of ether oxygens (including phenoxy) is 3. The van der Waals surface area contributed by atoms with Crippen molar-refractivity contribution in [2.75, 3.05) is 12.4 Å². The van der Waals surface area contributed by atoms with Gasteiger partial charge in [0.1, 0.15) is 36.4 Å². The number of hydrogen-bond donors (Lipinski definition) is 1. The molecule has 10 heteroatoms. The van der Waals surface area contributed by atoms with E-state index in [1.165, 1.54) is 6.92 Å². The van der Waals surface area contributed by atoms with Crippen molar-refractivity contribution in [3.8, 4) is 0 Å². The molecule has 1 aliphatic heterocycles. The third-order valence-corrected chi connectivity index (χ3v) is 5.68. The fourth-order valence-electron chi connectivity index (χ4n) is 4.02. The lowest BCUT2D eigenvalue weighted by atomic mass is 9.80. The van der Waals surface area contributed by atoms with Crippen molar-refractivity contribution in [3.63, 3.8) is 0 Å². The van der Waals surface area contributed by atoms with E-state index in [-0.39, 0.29) is 11.5 Å². The lowest BCUT2D eigenvalue weighted by molar-refractivity contribution is -0.161. The average Bonchev–Trinajstić information content (AvgIpc) is 3.07. The molecule has 1 heterocycles. The Morgan fingerprint density at radius 1 is 1.36 bits per heavy atom. The quantitative estimate of drug-likeness (QED) is 0.288. The highest BCUT2D eigenvalue weighted by Gasteiger charge is 2.70. The lowest BCUT2D eigenvalue weighted by Crippen LogP contribution is -2.43. The highest BCUT2D eigenvalue weighted by Crippen LogP contribution is 2.58. The largest absolute Gasteiger partial charge is 0.464 e. The normalized spacial score (nSPS) is 35.4. The maximum absolute atomic E-state index is 12.3. The van der Waals surface area contributed by atoms with Gasteiger partial charge in [0.25, 0.3) is 10.1 Å². The molecule has 6 atom stereocenters. The SMILES string of the molecule is C=C(C)C(=O)OC1C2CC3C(OC(=O)C31)C2C(=O)OCCS(=O)(=O)O. The summed E-state index contributed by atoms with van der Waals surface area (Å²) in [7, 11) is -4.25. The third-order valence-electron chi connectivity index (χ3n) is 4.99. The second-order valence-electron chi connectivity index (χ2n) is 6.62. The maximum Gasteiger partial charge on any atom is 0.333 e. The molecular weight excluding hydrogens is 356 g/mol. The third kappa shape index (κ3) is 3.15. The molecule has 0 aromatic rings. The van der Waals surface area contributed by atoms with E-state index in [0.717, 1.165) is 0 Å². The van der Waals surface area contributed by atoms with Gasteiger partial charge in [-0.25, -0.2) is 4.79 Å². The zero-order valence-electron chi connectivity index (χ0n) is 13.4. The van der Waals surface area contributed by atoms with Gasteiger partial charge in [-0.3, -0.25) is 14.1 Å². The van der Waals surface area contributed by atoms with Crippen molar-refractivity contribution in [3.05, 3.63) is 12.2 Å². The van der Waals surface area contributed by atoms with E-state index >= 15 is 0 Å². The minimum Gasteiger partial charge on any atom is -0.464 e. The van der Waals surface area contributed by atoms with Crippen LogP contribution in [0, 0.1) is 23.7 Å². The molecule has 0 aromatic carbocycles. The van der Waals surface area contributed by atoms with Crippen LogP contribution in [0.4, 0.5) is 0 Å². The Hall–Kier alpha value is -1.94. The first-order chi connectivity index (χ1) is 11.6. The van der Waals surface area contributed by atoms with E-state index in [1.807, 2.05) is 0 Å². The van der Waals surface area contributed by atoms with Crippen LogP contribution < -0.4 is 0 Å². The van der Waals surface area contributed by atoms with Crippen LogP contribution >= 0.6 is 0 Å². The van der Waals surface area contributed by atoms with Crippen LogP contribution in [0.15, 0.2) is 12.2 Å². The van der Waals surface area contributed by atoms with Gasteiger partial charge in [0.2, 0.25) is 0 Å². The minimum absolute atomic E-state index is 0.179. The Balaban J connectivity index is 1.73. The number of esters is 3. The standard InChI is InChI=1S/C15H18O9S/c1-6(2)13(16)23-12-7-5-8-10(12)15(18)24-11(8)9(7)14(17)22-3-4-25(19,20)21/h7-12H,1,3-5H2,2H3,(H,19,20,21). The molecule has 2 bridgehead atoms. The van der Waals surface area contributed by atoms with E-state index < -0.39 is 70.3 Å². The first-order valence-corrected chi connectivity index (χ1v) is 9.40. The Labute approximate surface area is 144 Å². The fraction of sp³-hybridized carbons (Fsp3) is 0.667. The smallest absolute Gasteiger partial charge is 0.333 e. The van der Waals surface area contributed by atoms with Crippen molar-refractivity contribution in [2.45, 2.75) is 25.6 Å². The predicted molar refractivity (Wildman–Crippen MR) is 80.5 cm³/mol. The first-order valence-electron chi connectivity index (χ1n) is 7.79. The zero-order chi connectivity index (χ0) is 18.5. The van der Waals surface area contributed by atoms with E-state index in [2.05, 4.69) is 6.58 Å². The second kappa shape index (κ2) is 6.10. The molecule has 0 aromatic heterocycles. The van der Waals surface area contributed by atoms with Gasteiger partial charge in [0.15, 0.2) is 0 Å². The highest BCUT2D eigenvalue weighted by atomic mass is 32.2. The Bertz CT molecular complexity index is 740. The molecule has 2 saturated carbocycles. The van der Waals surface area contributed by atoms with Crippen LogP contribution in [0.2, 0.25) is 0 Å². The summed E-state index contributed by atoms with van der Waals surface area (Å²) in [6.45, 7) is 4.46. The second-order valence-corrected chi connectivity index (χ2v) is 8.19. The number of rotatable bonds is 6. The molecule has 3 aliphatic rings. The van der Waals surface area contributed by atoms with Gasteiger partial charge in [0.05, 0.1) is 0 Å². The summed E-state index contributed by atoms with van der Waals surface area (Å²) in [5.74, 6) is -4.70. The van der Waals surface area contributed by atoms with Crippen LogP contribution in [0.5, 0.6) is 0 Å². The van der Waals surface area contributed by atoms with Crippen molar-refractivity contribution in [1.29, 1.82) is 0 Å². The van der Waals surface area contributed by atoms with Gasteiger partial charge < -0.3 is 14.2 Å². The number of fused-ring (bicyclic) bond motifs is 1. The van der Waals surface area contributed by atoms with Crippen molar-refractivity contribution >= 4 is 28.0 Å². The molecule has 3 fully saturated rings. The number of carbonyl (C=O) groups is 3. The summed E-state index contributed by atoms with van der Waals surface area (Å²) in [6.07, 6.45) is -0.965. The van der Waals surface area contributed by atoms with E-state index in [4.69, 9.17) is 18.8 Å². The molecule has 0 spiro atoms. The van der Waals surface area contributed by atoms with Crippen molar-refractivity contribution < 1.29 is 41.6 Å². The van der Waals surface area contributed by atoms with Crippen LogP contribution in [0.1, 0.15) is 13.3 Å². The van der Waals surface area contributed by atoms with Crippen LogP contribution in [0.25, 0.3) is 0 Å². The summed E-state index contributed by atoms with van der Waals surface area (Å²) in [5, 5.41) is 0. The van der Waals surface area contributed by atoms with Crippen LogP contribution in [0.3, 0.4) is 0 Å². The summed E-state index contributed by atoms with van der Waals surface area (Å²) in [6, 6.07) is 0. The Morgan fingerprint density at radius 3 is 2.64 bits per heavy atom. The van der Waals surface area contributed by atoms with Gasteiger partial charge in [0, 0.05) is 17.4 Å². The summed E-state index contributed by atoms with van der Waals surface area (Å²) < 4.78 is 45.6. The first kappa shape index (κ1) is 17.9. The minimum atomic E-state index is -4.25. The highest BCUT2D eigenvalue weighted by molar-refractivity contribution is 7.85. The van der Waals surface area contributed by atoms with E-state index in [1.54, 1.807) is 0 Å². The molecule has 6 unspecified atom stereocenters. The number of hydrogen-bond acceptors (Lipinski definition) is 8. The molecule has 1 saturated heterocycles. The molecule has 2 aliphatic carbocycles. The monoisotopic (exact) mass is 374 g/mol. The van der Waals surface area contributed by atoms with E-state index in [0.29, 0.717) is 6.42 Å². The summed E-state index contributed by atoms with van der Waals surface area (Å²) >= 11 is 0. The Kier molecular flexibility index (Phi) is 4.36. The molecule has 0 amide bonds. The number of carbonyl (C=O) groups excluding carboxylic acids is 3. The molecule has 9 nitrogen and oxygen atoms in total. The van der Waals surface area contributed by atoms with Gasteiger partial charge >= 0.3 is 17.9 Å². The van der Waals surface area contributed by atoms with Gasteiger partial charge in [-0.15, -0.1) is 0 Å². The maximum atomic E-state index is 12.3. The molecule has 0 radical (unpaired) electrons. The molecule has 3 rings (SSSR count). The fourth-order valence-corrected chi connectivity index (χ4v) is 4.32. The van der Waals surface area contributed by atoms with Gasteiger partial charge in [-0.05, 0) is 13.3 Å². The molecular formula is C15H18O9S. The average molecular weight is 374 g/mol. The van der Waals surface area contributed by atoms with Crippen LogP contribution in [-0.4, -0.2) is 55.4 Å². The van der Waals surface area contributed by atoms with Gasteiger partial charge in [-0.1, -0.05) is 6.58 Å². The Morgan fingerprint density at radius 2 is 2.04 bits per heavy atom.